The molecule has 0 aromatic carbocycles. The van der Waals surface area contributed by atoms with Gasteiger partial charge in [0.25, 0.3) is 0 Å². The standard InChI is InChI=1S/C14H23NO4S/c1-9-5-4-6-12(9)7-15-20(17,18)14-11(3)19-10(2)13(14)8-16/h9,12,15-16H,4-8H2,1-3H3. The fraction of sp³-hybridized carbons (Fsp3) is 0.714. The minimum absolute atomic E-state index is 0.100. The highest BCUT2D eigenvalue weighted by Gasteiger charge is 2.29. The second kappa shape index (κ2) is 5.87. The maximum absolute atomic E-state index is 12.4. The zero-order valence-electron chi connectivity index (χ0n) is 12.3. The number of rotatable bonds is 5. The summed E-state index contributed by atoms with van der Waals surface area (Å²) in [5, 5.41) is 9.35. The maximum atomic E-state index is 12.4. The average Bonchev–Trinajstić information content (AvgIpc) is 2.90. The summed E-state index contributed by atoms with van der Waals surface area (Å²) in [6.45, 7) is 5.56. The fourth-order valence-electron chi connectivity index (χ4n) is 3.06. The van der Waals surface area contributed by atoms with Crippen molar-refractivity contribution in [2.45, 2.75) is 51.5 Å². The molecule has 1 fully saturated rings. The van der Waals surface area contributed by atoms with Gasteiger partial charge in [-0.2, -0.15) is 0 Å². The van der Waals surface area contributed by atoms with Gasteiger partial charge < -0.3 is 9.52 Å². The molecule has 6 heteroatoms. The van der Waals surface area contributed by atoms with Gasteiger partial charge in [-0.15, -0.1) is 0 Å². The van der Waals surface area contributed by atoms with Crippen molar-refractivity contribution >= 4 is 10.0 Å². The van der Waals surface area contributed by atoms with Crippen molar-refractivity contribution in [3.63, 3.8) is 0 Å². The van der Waals surface area contributed by atoms with Gasteiger partial charge in [0.15, 0.2) is 0 Å². The lowest BCUT2D eigenvalue weighted by Gasteiger charge is -2.16. The van der Waals surface area contributed by atoms with Gasteiger partial charge in [0.1, 0.15) is 16.4 Å². The van der Waals surface area contributed by atoms with E-state index in [2.05, 4.69) is 11.6 Å². The number of furan rings is 1. The Bertz CT molecular complexity index is 576. The Morgan fingerprint density at radius 2 is 2.00 bits per heavy atom. The van der Waals surface area contributed by atoms with Crippen molar-refractivity contribution in [2.75, 3.05) is 6.54 Å². The van der Waals surface area contributed by atoms with E-state index in [0.29, 0.717) is 35.5 Å². The second-order valence-electron chi connectivity index (χ2n) is 5.70. The molecule has 1 heterocycles. The van der Waals surface area contributed by atoms with Crippen LogP contribution in [0.5, 0.6) is 0 Å². The maximum Gasteiger partial charge on any atom is 0.244 e. The number of aliphatic hydroxyl groups excluding tert-OH is 1. The van der Waals surface area contributed by atoms with Crippen LogP contribution in [0.4, 0.5) is 0 Å². The van der Waals surface area contributed by atoms with Crippen LogP contribution in [0.2, 0.25) is 0 Å². The fourth-order valence-corrected chi connectivity index (χ4v) is 4.59. The van der Waals surface area contributed by atoms with Crippen LogP contribution in [-0.2, 0) is 16.6 Å². The molecule has 20 heavy (non-hydrogen) atoms. The third kappa shape index (κ3) is 2.92. The van der Waals surface area contributed by atoms with Crippen molar-refractivity contribution < 1.29 is 17.9 Å². The van der Waals surface area contributed by atoms with Gasteiger partial charge >= 0.3 is 0 Å². The monoisotopic (exact) mass is 301 g/mol. The first kappa shape index (κ1) is 15.5. The number of hydrogen-bond acceptors (Lipinski definition) is 4. The van der Waals surface area contributed by atoms with E-state index in [-0.39, 0.29) is 11.5 Å². The second-order valence-corrected chi connectivity index (χ2v) is 7.40. The normalized spacial score (nSPS) is 23.4. The SMILES string of the molecule is Cc1oc(C)c(S(=O)(=O)NCC2CCCC2C)c1CO. The lowest BCUT2D eigenvalue weighted by molar-refractivity contribution is 0.276. The van der Waals surface area contributed by atoms with Crippen LogP contribution in [0.15, 0.2) is 9.31 Å². The first-order valence-electron chi connectivity index (χ1n) is 7.06. The molecule has 1 saturated carbocycles. The zero-order chi connectivity index (χ0) is 14.9. The number of aliphatic hydroxyl groups is 1. The van der Waals surface area contributed by atoms with Gasteiger partial charge in [-0.1, -0.05) is 19.8 Å². The van der Waals surface area contributed by atoms with Gasteiger partial charge in [0.05, 0.1) is 6.61 Å². The first-order valence-corrected chi connectivity index (χ1v) is 8.54. The van der Waals surface area contributed by atoms with Crippen LogP contribution in [0, 0.1) is 25.7 Å². The largest absolute Gasteiger partial charge is 0.465 e. The molecule has 2 rings (SSSR count). The molecule has 0 radical (unpaired) electrons. The topological polar surface area (TPSA) is 79.5 Å². The molecule has 2 unspecified atom stereocenters. The summed E-state index contributed by atoms with van der Waals surface area (Å²) in [5.41, 5.74) is 0.356. The Balaban J connectivity index is 2.18. The quantitative estimate of drug-likeness (QED) is 0.873. The van der Waals surface area contributed by atoms with Crippen molar-refractivity contribution in [1.29, 1.82) is 0 Å². The Hall–Kier alpha value is -0.850. The molecular formula is C14H23NO4S. The summed E-state index contributed by atoms with van der Waals surface area (Å²) in [6.07, 6.45) is 3.40. The first-order chi connectivity index (χ1) is 9.36. The van der Waals surface area contributed by atoms with E-state index in [1.165, 1.54) is 6.42 Å². The Labute approximate surface area is 120 Å². The van der Waals surface area contributed by atoms with Crippen molar-refractivity contribution in [3.8, 4) is 0 Å². The van der Waals surface area contributed by atoms with E-state index < -0.39 is 10.0 Å². The van der Waals surface area contributed by atoms with Crippen molar-refractivity contribution in [3.05, 3.63) is 17.1 Å². The van der Waals surface area contributed by atoms with Gasteiger partial charge in [-0.05, 0) is 32.1 Å². The minimum Gasteiger partial charge on any atom is -0.465 e. The summed E-state index contributed by atoms with van der Waals surface area (Å²) >= 11 is 0. The highest BCUT2D eigenvalue weighted by molar-refractivity contribution is 7.89. The molecule has 2 atom stereocenters. The molecule has 1 aliphatic carbocycles. The van der Waals surface area contributed by atoms with E-state index in [4.69, 9.17) is 4.42 Å². The van der Waals surface area contributed by atoms with Gasteiger partial charge in [0.2, 0.25) is 10.0 Å². The minimum atomic E-state index is -3.63. The third-order valence-electron chi connectivity index (χ3n) is 4.33. The molecule has 0 bridgehead atoms. The molecule has 0 aliphatic heterocycles. The molecule has 0 saturated heterocycles. The third-order valence-corrected chi connectivity index (χ3v) is 5.94. The zero-order valence-corrected chi connectivity index (χ0v) is 13.1. The number of hydrogen-bond donors (Lipinski definition) is 2. The molecule has 114 valence electrons. The molecule has 2 N–H and O–H groups in total. The average molecular weight is 301 g/mol. The van der Waals surface area contributed by atoms with E-state index >= 15 is 0 Å². The molecule has 1 aliphatic rings. The number of aryl methyl sites for hydroxylation is 2. The number of nitrogens with one attached hydrogen (secondary N) is 1. The lowest BCUT2D eigenvalue weighted by Crippen LogP contribution is -2.31. The van der Waals surface area contributed by atoms with Gasteiger partial charge in [-0.3, -0.25) is 0 Å². The summed E-state index contributed by atoms with van der Waals surface area (Å²) in [5.74, 6) is 1.75. The van der Waals surface area contributed by atoms with Crippen LogP contribution in [-0.4, -0.2) is 20.1 Å². The van der Waals surface area contributed by atoms with E-state index in [0.717, 1.165) is 12.8 Å². The molecule has 0 amide bonds. The van der Waals surface area contributed by atoms with Crippen LogP contribution in [0.25, 0.3) is 0 Å². The predicted molar refractivity (Wildman–Crippen MR) is 75.8 cm³/mol. The van der Waals surface area contributed by atoms with Crippen LogP contribution in [0.3, 0.4) is 0 Å². The highest BCUT2D eigenvalue weighted by atomic mass is 32.2. The Kier molecular flexibility index (Phi) is 4.56. The van der Waals surface area contributed by atoms with E-state index in [1.807, 2.05) is 0 Å². The summed E-state index contributed by atoms with van der Waals surface area (Å²) in [6, 6.07) is 0. The van der Waals surface area contributed by atoms with Crippen molar-refractivity contribution in [2.24, 2.45) is 11.8 Å². The molecule has 0 spiro atoms. The summed E-state index contributed by atoms with van der Waals surface area (Å²) in [7, 11) is -3.63. The molecular weight excluding hydrogens is 278 g/mol. The van der Waals surface area contributed by atoms with Gasteiger partial charge in [-0.25, -0.2) is 13.1 Å². The number of sulfonamides is 1. The van der Waals surface area contributed by atoms with Crippen LogP contribution in [0.1, 0.15) is 43.3 Å². The van der Waals surface area contributed by atoms with Crippen LogP contribution >= 0.6 is 0 Å². The van der Waals surface area contributed by atoms with Gasteiger partial charge in [0, 0.05) is 12.1 Å². The predicted octanol–water partition coefficient (Wildman–Crippen LogP) is 2.10. The summed E-state index contributed by atoms with van der Waals surface area (Å²) in [4.78, 5) is 0.100. The van der Waals surface area contributed by atoms with Crippen molar-refractivity contribution in [1.82, 2.24) is 4.72 Å². The molecule has 1 aromatic rings. The lowest BCUT2D eigenvalue weighted by atomic mass is 9.99. The molecule has 1 aromatic heterocycles. The Morgan fingerprint density at radius 1 is 1.30 bits per heavy atom. The van der Waals surface area contributed by atoms with E-state index in [9.17, 15) is 13.5 Å². The van der Waals surface area contributed by atoms with E-state index in [1.54, 1.807) is 13.8 Å². The summed E-state index contributed by atoms with van der Waals surface area (Å²) < 4.78 is 32.9. The highest BCUT2D eigenvalue weighted by Crippen LogP contribution is 2.31. The Morgan fingerprint density at radius 3 is 2.55 bits per heavy atom. The molecule has 5 nitrogen and oxygen atoms in total. The smallest absolute Gasteiger partial charge is 0.244 e. The van der Waals surface area contributed by atoms with Crippen LogP contribution < -0.4 is 4.72 Å².